The Morgan fingerprint density at radius 3 is 2.83 bits per heavy atom. The van der Waals surface area contributed by atoms with Gasteiger partial charge in [0.2, 0.25) is 10.7 Å². The van der Waals surface area contributed by atoms with E-state index in [9.17, 15) is 4.79 Å². The average Bonchev–Trinajstić information content (AvgIpc) is 2.30. The average molecular weight is 185 g/mol. The number of hydrogen-bond donors (Lipinski definition) is 1. The fourth-order valence-electron chi connectivity index (χ4n) is 0.675. The second kappa shape index (κ2) is 3.53. The van der Waals surface area contributed by atoms with E-state index in [1.807, 2.05) is 23.9 Å². The summed E-state index contributed by atoms with van der Waals surface area (Å²) in [6, 6.07) is 0. The fourth-order valence-corrected chi connectivity index (χ4v) is 1.51. The van der Waals surface area contributed by atoms with Gasteiger partial charge < -0.3 is 4.57 Å². The van der Waals surface area contributed by atoms with Crippen molar-refractivity contribution in [3.8, 4) is 0 Å². The lowest BCUT2D eigenvalue weighted by molar-refractivity contribution is -0.119. The molecule has 1 N–H and O–H groups in total. The maximum Gasteiger partial charge on any atom is 0.237 e. The Bertz CT molecular complexity index is 350. The van der Waals surface area contributed by atoms with Gasteiger partial charge in [0.15, 0.2) is 0 Å². The van der Waals surface area contributed by atoms with Crippen LogP contribution in [0.5, 0.6) is 0 Å². The first-order valence-corrected chi connectivity index (χ1v) is 4.40. The van der Waals surface area contributed by atoms with Crippen molar-refractivity contribution in [2.45, 2.75) is 13.8 Å². The van der Waals surface area contributed by atoms with Crippen LogP contribution in [0, 0.1) is 6.92 Å². The molecule has 0 aliphatic heterocycles. The molecule has 0 aromatic carbocycles. The molecule has 0 aliphatic carbocycles. The molecule has 1 aromatic rings. The van der Waals surface area contributed by atoms with Gasteiger partial charge in [-0.3, -0.25) is 4.79 Å². The van der Waals surface area contributed by atoms with Gasteiger partial charge in [0.05, 0.1) is 0 Å². The van der Waals surface area contributed by atoms with Crippen molar-refractivity contribution < 1.29 is 4.79 Å². The van der Waals surface area contributed by atoms with E-state index in [4.69, 9.17) is 0 Å². The van der Waals surface area contributed by atoms with E-state index < -0.39 is 0 Å². The number of aromatic nitrogens is 1. The minimum absolute atomic E-state index is 0.152. The molecule has 66 valence electrons. The quantitative estimate of drug-likeness (QED) is 0.630. The first kappa shape index (κ1) is 8.99. The summed E-state index contributed by atoms with van der Waals surface area (Å²) in [5, 5.41) is 5.89. The van der Waals surface area contributed by atoms with E-state index in [0.717, 1.165) is 10.5 Å². The first-order chi connectivity index (χ1) is 5.61. The number of nitrogens with one attached hydrogen (secondary N) is 1. The summed E-state index contributed by atoms with van der Waals surface area (Å²) in [7, 11) is 1.91. The smallest absolute Gasteiger partial charge is 0.237 e. The molecule has 5 heteroatoms. The van der Waals surface area contributed by atoms with Crippen LogP contribution >= 0.6 is 11.3 Å². The van der Waals surface area contributed by atoms with Gasteiger partial charge in [0.1, 0.15) is 0 Å². The van der Waals surface area contributed by atoms with Crippen molar-refractivity contribution in [2.24, 2.45) is 12.1 Å². The molecule has 12 heavy (non-hydrogen) atoms. The number of rotatable bonds is 1. The highest BCUT2D eigenvalue weighted by molar-refractivity contribution is 7.07. The predicted octanol–water partition coefficient (Wildman–Crippen LogP) is 0.347. The molecule has 0 spiro atoms. The zero-order valence-electron chi connectivity index (χ0n) is 7.29. The number of carbonyl (C=O) groups is 1. The maximum atomic E-state index is 10.5. The molecule has 0 unspecified atom stereocenters. The minimum atomic E-state index is -0.152. The number of amides is 1. The number of nitrogens with zero attached hydrogens (tertiary/aromatic N) is 2. The Kier molecular flexibility index (Phi) is 2.65. The van der Waals surface area contributed by atoms with Crippen LogP contribution in [0.15, 0.2) is 10.5 Å². The standard InChI is InChI=1S/C7H11N3OS/c1-5-4-12-7(10(5)3)9-8-6(2)11/h4H,1-3H3,(H,8,11). The Hall–Kier alpha value is -1.10. The van der Waals surface area contributed by atoms with Gasteiger partial charge in [-0.25, -0.2) is 5.43 Å². The van der Waals surface area contributed by atoms with Crippen LogP contribution in [-0.2, 0) is 11.8 Å². The third-order valence-corrected chi connectivity index (χ3v) is 2.49. The molecule has 1 aromatic heterocycles. The van der Waals surface area contributed by atoms with Crippen molar-refractivity contribution >= 4 is 17.2 Å². The summed E-state index contributed by atoms with van der Waals surface area (Å²) in [5.74, 6) is -0.152. The second-order valence-electron chi connectivity index (χ2n) is 2.50. The molecule has 0 fully saturated rings. The summed E-state index contributed by atoms with van der Waals surface area (Å²) >= 11 is 1.50. The van der Waals surface area contributed by atoms with E-state index in [-0.39, 0.29) is 5.91 Å². The largest absolute Gasteiger partial charge is 0.323 e. The fraction of sp³-hybridized carbons (Fsp3) is 0.429. The molecule has 0 saturated carbocycles. The van der Waals surface area contributed by atoms with Crippen molar-refractivity contribution in [2.75, 3.05) is 0 Å². The summed E-state index contributed by atoms with van der Waals surface area (Å²) in [4.78, 5) is 11.3. The number of hydrogen-bond acceptors (Lipinski definition) is 3. The Labute approximate surface area is 74.5 Å². The maximum absolute atomic E-state index is 10.5. The highest BCUT2D eigenvalue weighted by atomic mass is 32.1. The van der Waals surface area contributed by atoms with Gasteiger partial charge in [0, 0.05) is 25.0 Å². The number of thiazole rings is 1. The molecule has 0 bridgehead atoms. The lowest BCUT2D eigenvalue weighted by atomic mass is 10.6. The van der Waals surface area contributed by atoms with Crippen LogP contribution in [0.1, 0.15) is 12.6 Å². The van der Waals surface area contributed by atoms with E-state index >= 15 is 0 Å². The minimum Gasteiger partial charge on any atom is -0.323 e. The van der Waals surface area contributed by atoms with Gasteiger partial charge in [-0.1, -0.05) is 0 Å². The normalized spacial score (nSPS) is 11.8. The van der Waals surface area contributed by atoms with Crippen LogP contribution in [0.4, 0.5) is 0 Å². The van der Waals surface area contributed by atoms with E-state index in [1.54, 1.807) is 0 Å². The molecule has 1 amide bonds. The van der Waals surface area contributed by atoms with Crippen LogP contribution in [0.2, 0.25) is 0 Å². The summed E-state index contributed by atoms with van der Waals surface area (Å²) in [5.41, 5.74) is 3.52. The molecule has 1 rings (SSSR count). The first-order valence-electron chi connectivity index (χ1n) is 3.52. The van der Waals surface area contributed by atoms with E-state index in [1.165, 1.54) is 18.3 Å². The highest BCUT2D eigenvalue weighted by Gasteiger charge is 1.94. The van der Waals surface area contributed by atoms with Crippen LogP contribution in [0.25, 0.3) is 0 Å². The molecular formula is C7H11N3OS. The SMILES string of the molecule is CC(=O)NN=c1scc(C)n1C. The van der Waals surface area contributed by atoms with Crippen molar-refractivity contribution in [1.29, 1.82) is 0 Å². The zero-order valence-corrected chi connectivity index (χ0v) is 8.10. The number of carbonyl (C=O) groups excluding carboxylic acids is 1. The number of aryl methyl sites for hydroxylation is 1. The van der Waals surface area contributed by atoms with Crippen molar-refractivity contribution in [3.63, 3.8) is 0 Å². The van der Waals surface area contributed by atoms with Gasteiger partial charge in [-0.2, -0.15) is 0 Å². The molecule has 0 radical (unpaired) electrons. The van der Waals surface area contributed by atoms with Gasteiger partial charge in [-0.15, -0.1) is 16.4 Å². The lowest BCUT2D eigenvalue weighted by Crippen LogP contribution is -2.21. The third kappa shape index (κ3) is 1.94. The molecule has 0 atom stereocenters. The topological polar surface area (TPSA) is 46.4 Å². The zero-order chi connectivity index (χ0) is 9.14. The van der Waals surface area contributed by atoms with Crippen molar-refractivity contribution in [1.82, 2.24) is 9.99 Å². The molecule has 4 nitrogen and oxygen atoms in total. The van der Waals surface area contributed by atoms with Gasteiger partial charge in [0.25, 0.3) is 0 Å². The third-order valence-electron chi connectivity index (χ3n) is 1.46. The van der Waals surface area contributed by atoms with E-state index in [2.05, 4.69) is 10.5 Å². The van der Waals surface area contributed by atoms with Crippen LogP contribution in [-0.4, -0.2) is 10.5 Å². The van der Waals surface area contributed by atoms with Gasteiger partial charge in [-0.05, 0) is 6.92 Å². The Morgan fingerprint density at radius 1 is 1.75 bits per heavy atom. The molecule has 0 saturated heterocycles. The molecule has 0 aliphatic rings. The van der Waals surface area contributed by atoms with E-state index in [0.29, 0.717) is 0 Å². The monoisotopic (exact) mass is 185 g/mol. The summed E-state index contributed by atoms with van der Waals surface area (Å²) in [6.07, 6.45) is 0. The molecule has 1 heterocycles. The second-order valence-corrected chi connectivity index (χ2v) is 3.34. The summed E-state index contributed by atoms with van der Waals surface area (Å²) < 4.78 is 1.92. The summed E-state index contributed by atoms with van der Waals surface area (Å²) in [6.45, 7) is 3.42. The van der Waals surface area contributed by atoms with Crippen LogP contribution < -0.4 is 10.2 Å². The lowest BCUT2D eigenvalue weighted by Gasteiger charge is -1.94. The Balaban J connectivity index is 2.95. The van der Waals surface area contributed by atoms with Crippen LogP contribution in [0.3, 0.4) is 0 Å². The van der Waals surface area contributed by atoms with Crippen molar-refractivity contribution in [3.05, 3.63) is 15.9 Å². The highest BCUT2D eigenvalue weighted by Crippen LogP contribution is 1.95. The molecular weight excluding hydrogens is 174 g/mol. The Morgan fingerprint density at radius 2 is 2.42 bits per heavy atom. The predicted molar refractivity (Wildman–Crippen MR) is 47.4 cm³/mol. The van der Waals surface area contributed by atoms with Gasteiger partial charge >= 0.3 is 0 Å².